The molecule has 1 N–H and O–H groups in total. The van der Waals surface area contributed by atoms with Gasteiger partial charge in [0.2, 0.25) is 0 Å². The number of thiophene rings is 1. The highest BCUT2D eigenvalue weighted by molar-refractivity contribution is 7.18. The van der Waals surface area contributed by atoms with E-state index in [2.05, 4.69) is 17.4 Å². The molecule has 0 aliphatic rings. The Morgan fingerprint density at radius 2 is 1.62 bits per heavy atom. The lowest BCUT2D eigenvalue weighted by atomic mass is 9.99. The van der Waals surface area contributed by atoms with Gasteiger partial charge in [-0.15, -0.1) is 11.3 Å². The van der Waals surface area contributed by atoms with Gasteiger partial charge in [-0.05, 0) is 63.3 Å². The van der Waals surface area contributed by atoms with Crippen LogP contribution in [0.2, 0.25) is 0 Å². The number of carbonyl (C=O) groups is 3. The molecule has 0 aliphatic carbocycles. The lowest BCUT2D eigenvalue weighted by molar-refractivity contribution is 0.0383. The molecule has 0 saturated carbocycles. The molecular formula is C27H29NO5S. The Kier molecular flexibility index (Phi) is 8.60. The standard InChI is InChI=1S/C27H29NO5S/c1-5-32-26(30)22-18(4)23(27(31)33-17(2)3)34-25(22)28-24(29)21-14-10-9-13-20(21)16-15-19-11-7-6-8-12-19/h6-14,17H,5,15-16H2,1-4H3,(H,28,29). The van der Waals surface area contributed by atoms with Crippen molar-refractivity contribution in [1.29, 1.82) is 0 Å². The number of hydrogen-bond donors (Lipinski definition) is 1. The van der Waals surface area contributed by atoms with Crippen molar-refractivity contribution in [3.8, 4) is 0 Å². The highest BCUT2D eigenvalue weighted by Crippen LogP contribution is 2.35. The van der Waals surface area contributed by atoms with Crippen LogP contribution in [-0.2, 0) is 22.3 Å². The minimum absolute atomic E-state index is 0.176. The van der Waals surface area contributed by atoms with Crippen LogP contribution in [0, 0.1) is 6.92 Å². The SMILES string of the molecule is CCOC(=O)c1c(NC(=O)c2ccccc2CCc2ccccc2)sc(C(=O)OC(C)C)c1C. The first kappa shape index (κ1) is 25.2. The van der Waals surface area contributed by atoms with Crippen molar-refractivity contribution in [3.63, 3.8) is 0 Å². The molecule has 0 fully saturated rings. The highest BCUT2D eigenvalue weighted by Gasteiger charge is 2.28. The van der Waals surface area contributed by atoms with Gasteiger partial charge in [0.1, 0.15) is 9.88 Å². The molecule has 178 valence electrons. The first-order chi connectivity index (χ1) is 16.3. The lowest BCUT2D eigenvalue weighted by Crippen LogP contribution is -2.16. The van der Waals surface area contributed by atoms with Gasteiger partial charge in [-0.25, -0.2) is 9.59 Å². The number of rotatable bonds is 9. The van der Waals surface area contributed by atoms with Gasteiger partial charge in [0, 0.05) is 5.56 Å². The molecule has 34 heavy (non-hydrogen) atoms. The summed E-state index contributed by atoms with van der Waals surface area (Å²) in [4.78, 5) is 38.8. The zero-order valence-electron chi connectivity index (χ0n) is 19.8. The average molecular weight is 480 g/mol. The Hall–Kier alpha value is -3.45. The van der Waals surface area contributed by atoms with Crippen LogP contribution < -0.4 is 5.32 Å². The van der Waals surface area contributed by atoms with Crippen molar-refractivity contribution in [2.75, 3.05) is 11.9 Å². The van der Waals surface area contributed by atoms with E-state index in [4.69, 9.17) is 9.47 Å². The summed E-state index contributed by atoms with van der Waals surface area (Å²) in [5.41, 5.74) is 3.21. The molecule has 0 radical (unpaired) electrons. The smallest absolute Gasteiger partial charge is 0.348 e. The monoisotopic (exact) mass is 479 g/mol. The Bertz CT molecular complexity index is 1170. The molecule has 1 heterocycles. The molecule has 3 aromatic rings. The van der Waals surface area contributed by atoms with E-state index in [1.54, 1.807) is 39.8 Å². The molecule has 7 heteroatoms. The zero-order chi connectivity index (χ0) is 24.7. The Morgan fingerprint density at radius 3 is 2.29 bits per heavy atom. The Labute approximate surface area is 203 Å². The third-order valence-corrected chi connectivity index (χ3v) is 6.36. The number of anilines is 1. The first-order valence-electron chi connectivity index (χ1n) is 11.3. The van der Waals surface area contributed by atoms with E-state index in [0.29, 0.717) is 17.5 Å². The predicted octanol–water partition coefficient (Wildman–Crippen LogP) is 5.84. The molecular weight excluding hydrogens is 450 g/mol. The summed E-state index contributed by atoms with van der Waals surface area (Å²) in [7, 11) is 0. The van der Waals surface area contributed by atoms with E-state index < -0.39 is 11.9 Å². The van der Waals surface area contributed by atoms with Crippen LogP contribution in [0.4, 0.5) is 5.00 Å². The molecule has 2 aromatic carbocycles. The number of ether oxygens (including phenoxy) is 2. The summed E-state index contributed by atoms with van der Waals surface area (Å²) in [6, 6.07) is 17.5. The normalized spacial score (nSPS) is 10.7. The fraction of sp³-hybridized carbons (Fsp3) is 0.296. The van der Waals surface area contributed by atoms with Crippen molar-refractivity contribution in [2.45, 2.75) is 46.6 Å². The van der Waals surface area contributed by atoms with Gasteiger partial charge in [0.05, 0.1) is 18.3 Å². The maximum atomic E-state index is 13.3. The van der Waals surface area contributed by atoms with Gasteiger partial charge in [-0.1, -0.05) is 48.5 Å². The summed E-state index contributed by atoms with van der Waals surface area (Å²) in [6.45, 7) is 7.04. The van der Waals surface area contributed by atoms with Gasteiger partial charge < -0.3 is 14.8 Å². The maximum absolute atomic E-state index is 13.3. The van der Waals surface area contributed by atoms with Crippen LogP contribution in [0.15, 0.2) is 54.6 Å². The third-order valence-electron chi connectivity index (χ3n) is 5.17. The number of benzene rings is 2. The van der Waals surface area contributed by atoms with E-state index >= 15 is 0 Å². The lowest BCUT2D eigenvalue weighted by Gasteiger charge is -2.11. The highest BCUT2D eigenvalue weighted by atomic mass is 32.1. The van der Waals surface area contributed by atoms with E-state index in [-0.39, 0.29) is 34.1 Å². The quantitative estimate of drug-likeness (QED) is 0.390. The van der Waals surface area contributed by atoms with Crippen LogP contribution in [0.1, 0.15) is 67.8 Å². The second-order valence-corrected chi connectivity index (χ2v) is 9.05. The van der Waals surface area contributed by atoms with E-state index in [1.807, 2.05) is 30.3 Å². The molecule has 0 saturated heterocycles. The number of carbonyl (C=O) groups excluding carboxylic acids is 3. The summed E-state index contributed by atoms with van der Waals surface area (Å²) < 4.78 is 10.5. The fourth-order valence-corrected chi connectivity index (χ4v) is 4.64. The molecule has 0 spiro atoms. The Morgan fingerprint density at radius 1 is 0.941 bits per heavy atom. The van der Waals surface area contributed by atoms with Gasteiger partial charge in [0.15, 0.2) is 0 Å². The fourth-order valence-electron chi connectivity index (χ4n) is 3.57. The topological polar surface area (TPSA) is 81.7 Å². The Balaban J connectivity index is 1.89. The molecule has 0 bridgehead atoms. The van der Waals surface area contributed by atoms with E-state index in [0.717, 1.165) is 23.3 Å². The number of hydrogen-bond acceptors (Lipinski definition) is 6. The molecule has 0 atom stereocenters. The third kappa shape index (κ3) is 6.11. The van der Waals surface area contributed by atoms with Gasteiger partial charge in [-0.3, -0.25) is 4.79 Å². The number of esters is 2. The molecule has 1 aromatic heterocycles. The van der Waals surface area contributed by atoms with Crippen LogP contribution in [0.3, 0.4) is 0 Å². The van der Waals surface area contributed by atoms with Crippen molar-refractivity contribution in [2.24, 2.45) is 0 Å². The second-order valence-electron chi connectivity index (χ2n) is 8.03. The van der Waals surface area contributed by atoms with E-state index in [1.165, 1.54) is 5.56 Å². The van der Waals surface area contributed by atoms with E-state index in [9.17, 15) is 14.4 Å². The molecule has 1 amide bonds. The molecule has 0 aliphatic heterocycles. The van der Waals surface area contributed by atoms with Crippen LogP contribution >= 0.6 is 11.3 Å². The summed E-state index contributed by atoms with van der Waals surface area (Å²) in [5, 5.41) is 3.12. The van der Waals surface area contributed by atoms with Crippen LogP contribution in [0.25, 0.3) is 0 Å². The van der Waals surface area contributed by atoms with Crippen molar-refractivity contribution in [3.05, 3.63) is 87.3 Å². The van der Waals surface area contributed by atoms with Crippen molar-refractivity contribution >= 4 is 34.2 Å². The summed E-state index contributed by atoms with van der Waals surface area (Å²) in [5.74, 6) is -1.47. The summed E-state index contributed by atoms with van der Waals surface area (Å²) in [6.07, 6.45) is 1.17. The van der Waals surface area contributed by atoms with Crippen molar-refractivity contribution < 1.29 is 23.9 Å². The largest absolute Gasteiger partial charge is 0.462 e. The first-order valence-corrected chi connectivity index (χ1v) is 12.1. The minimum Gasteiger partial charge on any atom is -0.462 e. The molecule has 0 unspecified atom stereocenters. The van der Waals surface area contributed by atoms with Crippen LogP contribution in [-0.4, -0.2) is 30.6 Å². The molecule has 3 rings (SSSR count). The second kappa shape index (κ2) is 11.6. The number of aryl methyl sites for hydroxylation is 2. The van der Waals surface area contributed by atoms with Gasteiger partial charge in [-0.2, -0.15) is 0 Å². The number of amides is 1. The average Bonchev–Trinajstić information content (AvgIpc) is 3.14. The minimum atomic E-state index is -0.590. The van der Waals surface area contributed by atoms with Crippen LogP contribution in [0.5, 0.6) is 0 Å². The zero-order valence-corrected chi connectivity index (χ0v) is 20.7. The predicted molar refractivity (Wildman–Crippen MR) is 134 cm³/mol. The maximum Gasteiger partial charge on any atom is 0.348 e. The van der Waals surface area contributed by atoms with Crippen molar-refractivity contribution in [1.82, 2.24) is 0 Å². The number of nitrogens with one attached hydrogen (secondary N) is 1. The molecule has 6 nitrogen and oxygen atoms in total. The van der Waals surface area contributed by atoms with Gasteiger partial charge >= 0.3 is 11.9 Å². The summed E-state index contributed by atoms with van der Waals surface area (Å²) >= 11 is 1.02. The van der Waals surface area contributed by atoms with Gasteiger partial charge in [0.25, 0.3) is 5.91 Å².